The van der Waals surface area contributed by atoms with E-state index in [1.54, 1.807) is 7.11 Å². The standard InChI is InChI=1S/C8H14N2O/c1-8(9,6-11-2)7-4-3-5-10-7/h3-5,10H,6,9H2,1-2H3. The molecule has 0 amide bonds. The molecule has 1 atom stereocenters. The van der Waals surface area contributed by atoms with Crippen LogP contribution in [0.2, 0.25) is 0 Å². The molecule has 3 nitrogen and oxygen atoms in total. The molecular formula is C8H14N2O. The monoisotopic (exact) mass is 154 g/mol. The zero-order chi connectivity index (χ0) is 8.32. The number of H-pyrrole nitrogens is 1. The lowest BCUT2D eigenvalue weighted by atomic mass is 10.0. The summed E-state index contributed by atoms with van der Waals surface area (Å²) in [6.45, 7) is 2.45. The van der Waals surface area contributed by atoms with Gasteiger partial charge in [-0.1, -0.05) is 0 Å². The van der Waals surface area contributed by atoms with E-state index in [0.29, 0.717) is 6.61 Å². The van der Waals surface area contributed by atoms with E-state index < -0.39 is 5.54 Å². The molecule has 1 aromatic rings. The number of methoxy groups -OCH3 is 1. The number of aromatic amines is 1. The molecule has 0 saturated carbocycles. The fourth-order valence-electron chi connectivity index (χ4n) is 1.06. The molecule has 0 aliphatic carbocycles. The molecule has 0 bridgehead atoms. The van der Waals surface area contributed by atoms with Crippen molar-refractivity contribution in [1.82, 2.24) is 4.98 Å². The molecular weight excluding hydrogens is 140 g/mol. The number of hydrogen-bond acceptors (Lipinski definition) is 2. The number of nitrogens with two attached hydrogens (primary N) is 1. The van der Waals surface area contributed by atoms with Crippen molar-refractivity contribution in [2.75, 3.05) is 13.7 Å². The first-order chi connectivity index (χ1) is 5.17. The minimum atomic E-state index is -0.405. The summed E-state index contributed by atoms with van der Waals surface area (Å²) in [7, 11) is 1.65. The maximum Gasteiger partial charge on any atom is 0.0769 e. The predicted octanol–water partition coefficient (Wildman–Crippen LogP) is 0.835. The average molecular weight is 154 g/mol. The Labute approximate surface area is 66.6 Å². The SMILES string of the molecule is COCC(C)(N)c1ccc[nH]1. The Morgan fingerprint density at radius 2 is 2.45 bits per heavy atom. The van der Waals surface area contributed by atoms with Crippen LogP contribution in [0.25, 0.3) is 0 Å². The van der Waals surface area contributed by atoms with Crippen LogP contribution in [0.1, 0.15) is 12.6 Å². The lowest BCUT2D eigenvalue weighted by Gasteiger charge is -2.21. The second kappa shape index (κ2) is 3.07. The van der Waals surface area contributed by atoms with Crippen molar-refractivity contribution in [3.63, 3.8) is 0 Å². The maximum atomic E-state index is 5.94. The molecule has 62 valence electrons. The molecule has 0 fully saturated rings. The predicted molar refractivity (Wildman–Crippen MR) is 44.2 cm³/mol. The Morgan fingerprint density at radius 1 is 1.73 bits per heavy atom. The second-order valence-corrected chi connectivity index (χ2v) is 2.93. The number of nitrogens with one attached hydrogen (secondary N) is 1. The molecule has 3 heteroatoms. The molecule has 0 aliphatic rings. The third kappa shape index (κ3) is 1.82. The van der Waals surface area contributed by atoms with Gasteiger partial charge in [-0.05, 0) is 19.1 Å². The molecule has 0 spiro atoms. The van der Waals surface area contributed by atoms with Gasteiger partial charge >= 0.3 is 0 Å². The Kier molecular flexibility index (Phi) is 2.31. The summed E-state index contributed by atoms with van der Waals surface area (Å²) in [5.41, 5.74) is 6.53. The molecule has 3 N–H and O–H groups in total. The van der Waals surface area contributed by atoms with Gasteiger partial charge in [0, 0.05) is 19.0 Å². The largest absolute Gasteiger partial charge is 0.382 e. The maximum absolute atomic E-state index is 5.94. The van der Waals surface area contributed by atoms with Crippen molar-refractivity contribution >= 4 is 0 Å². The van der Waals surface area contributed by atoms with Gasteiger partial charge < -0.3 is 15.5 Å². The molecule has 0 aromatic carbocycles. The second-order valence-electron chi connectivity index (χ2n) is 2.93. The molecule has 1 rings (SSSR count). The smallest absolute Gasteiger partial charge is 0.0769 e. The van der Waals surface area contributed by atoms with Crippen molar-refractivity contribution in [3.8, 4) is 0 Å². The van der Waals surface area contributed by atoms with Crippen LogP contribution >= 0.6 is 0 Å². The van der Waals surface area contributed by atoms with Crippen LogP contribution < -0.4 is 5.73 Å². The zero-order valence-electron chi connectivity index (χ0n) is 6.92. The third-order valence-electron chi connectivity index (χ3n) is 1.66. The summed E-state index contributed by atoms with van der Waals surface area (Å²) in [5.74, 6) is 0. The molecule has 1 heterocycles. The van der Waals surface area contributed by atoms with E-state index in [-0.39, 0.29) is 0 Å². The fraction of sp³-hybridized carbons (Fsp3) is 0.500. The first-order valence-electron chi connectivity index (χ1n) is 3.58. The lowest BCUT2D eigenvalue weighted by Crippen LogP contribution is -2.38. The minimum absolute atomic E-state index is 0.405. The van der Waals surface area contributed by atoms with Gasteiger partial charge in [0.2, 0.25) is 0 Å². The van der Waals surface area contributed by atoms with E-state index in [1.165, 1.54) is 0 Å². The normalized spacial score (nSPS) is 16.3. The summed E-state index contributed by atoms with van der Waals surface area (Å²) < 4.78 is 4.99. The molecule has 0 saturated heterocycles. The van der Waals surface area contributed by atoms with E-state index in [4.69, 9.17) is 10.5 Å². The van der Waals surface area contributed by atoms with Gasteiger partial charge in [0.25, 0.3) is 0 Å². The molecule has 0 aliphatic heterocycles. The van der Waals surface area contributed by atoms with Crippen LogP contribution in [0.3, 0.4) is 0 Å². The Hall–Kier alpha value is -0.800. The van der Waals surface area contributed by atoms with Gasteiger partial charge in [0.1, 0.15) is 0 Å². The minimum Gasteiger partial charge on any atom is -0.382 e. The summed E-state index contributed by atoms with van der Waals surface area (Å²) in [6.07, 6.45) is 1.86. The molecule has 1 unspecified atom stereocenters. The Bertz CT molecular complexity index is 204. The zero-order valence-corrected chi connectivity index (χ0v) is 6.92. The van der Waals surface area contributed by atoms with Gasteiger partial charge in [0.05, 0.1) is 12.1 Å². The van der Waals surface area contributed by atoms with Gasteiger partial charge in [-0.15, -0.1) is 0 Å². The highest BCUT2D eigenvalue weighted by atomic mass is 16.5. The van der Waals surface area contributed by atoms with Gasteiger partial charge in [-0.3, -0.25) is 0 Å². The van der Waals surface area contributed by atoms with E-state index in [9.17, 15) is 0 Å². The lowest BCUT2D eigenvalue weighted by molar-refractivity contribution is 0.139. The summed E-state index contributed by atoms with van der Waals surface area (Å²) in [6, 6.07) is 3.88. The number of rotatable bonds is 3. The van der Waals surface area contributed by atoms with Crippen molar-refractivity contribution < 1.29 is 4.74 Å². The number of ether oxygens (including phenoxy) is 1. The van der Waals surface area contributed by atoms with Gasteiger partial charge in [-0.25, -0.2) is 0 Å². The van der Waals surface area contributed by atoms with Crippen LogP contribution in [0.15, 0.2) is 18.3 Å². The summed E-state index contributed by atoms with van der Waals surface area (Å²) in [5, 5.41) is 0. The van der Waals surface area contributed by atoms with Crippen LogP contribution in [-0.2, 0) is 10.3 Å². The fourth-order valence-corrected chi connectivity index (χ4v) is 1.06. The van der Waals surface area contributed by atoms with E-state index in [1.807, 2.05) is 25.3 Å². The van der Waals surface area contributed by atoms with Crippen LogP contribution in [0, 0.1) is 0 Å². The van der Waals surface area contributed by atoms with E-state index in [2.05, 4.69) is 4.98 Å². The average Bonchev–Trinajstić information content (AvgIpc) is 2.37. The molecule has 1 aromatic heterocycles. The quantitative estimate of drug-likeness (QED) is 0.677. The third-order valence-corrected chi connectivity index (χ3v) is 1.66. The first-order valence-corrected chi connectivity index (χ1v) is 3.58. The number of aromatic nitrogens is 1. The molecule has 11 heavy (non-hydrogen) atoms. The topological polar surface area (TPSA) is 51.0 Å². The van der Waals surface area contributed by atoms with E-state index in [0.717, 1.165) is 5.69 Å². The van der Waals surface area contributed by atoms with Crippen LogP contribution in [-0.4, -0.2) is 18.7 Å². The summed E-state index contributed by atoms with van der Waals surface area (Å²) in [4.78, 5) is 3.06. The first kappa shape index (κ1) is 8.30. The van der Waals surface area contributed by atoms with Crippen molar-refractivity contribution in [2.45, 2.75) is 12.5 Å². The molecule has 0 radical (unpaired) electrons. The van der Waals surface area contributed by atoms with Crippen LogP contribution in [0.4, 0.5) is 0 Å². The highest BCUT2D eigenvalue weighted by Crippen LogP contribution is 2.14. The Morgan fingerprint density at radius 3 is 2.91 bits per heavy atom. The van der Waals surface area contributed by atoms with Crippen molar-refractivity contribution in [2.24, 2.45) is 5.73 Å². The van der Waals surface area contributed by atoms with Gasteiger partial charge in [-0.2, -0.15) is 0 Å². The van der Waals surface area contributed by atoms with E-state index >= 15 is 0 Å². The highest BCUT2D eigenvalue weighted by Gasteiger charge is 2.21. The number of hydrogen-bond donors (Lipinski definition) is 2. The van der Waals surface area contributed by atoms with Crippen molar-refractivity contribution in [1.29, 1.82) is 0 Å². The Balaban J connectivity index is 2.73. The summed E-state index contributed by atoms with van der Waals surface area (Å²) >= 11 is 0. The highest BCUT2D eigenvalue weighted by molar-refractivity contribution is 5.14. The van der Waals surface area contributed by atoms with Gasteiger partial charge in [0.15, 0.2) is 0 Å². The van der Waals surface area contributed by atoms with Crippen molar-refractivity contribution in [3.05, 3.63) is 24.0 Å². The van der Waals surface area contributed by atoms with Crippen LogP contribution in [0.5, 0.6) is 0 Å².